The molecule has 13 nitrogen and oxygen atoms in total. The highest BCUT2D eigenvalue weighted by Gasteiger charge is 2.25. The lowest BCUT2D eigenvalue weighted by Crippen LogP contribution is -2.19. The van der Waals surface area contributed by atoms with Gasteiger partial charge >= 0.3 is 0 Å². The number of anilines is 1. The van der Waals surface area contributed by atoms with Crippen molar-refractivity contribution in [2.75, 3.05) is 26.6 Å². The van der Waals surface area contributed by atoms with Gasteiger partial charge in [0.15, 0.2) is 5.69 Å². The molecule has 0 aliphatic heterocycles. The summed E-state index contributed by atoms with van der Waals surface area (Å²) >= 11 is 0. The van der Waals surface area contributed by atoms with Crippen LogP contribution in [0.5, 0.6) is 17.2 Å². The molecule has 4 rings (SSSR count). The first-order valence-electron chi connectivity index (χ1n) is 10.4. The Balaban J connectivity index is 1.68. The van der Waals surface area contributed by atoms with Gasteiger partial charge in [0.05, 0.1) is 27.0 Å². The minimum Gasteiger partial charge on any atom is -0.497 e. The molecule has 0 bridgehead atoms. The number of carbonyl (C=O) groups excluding carboxylic acids is 1. The van der Waals surface area contributed by atoms with Gasteiger partial charge in [0.25, 0.3) is 5.91 Å². The van der Waals surface area contributed by atoms with Crippen LogP contribution in [-0.4, -0.2) is 58.3 Å². The zero-order valence-corrected chi connectivity index (χ0v) is 19.1. The average Bonchev–Trinajstić information content (AvgIpc) is 3.50. The van der Waals surface area contributed by atoms with Gasteiger partial charge in [-0.2, -0.15) is 9.78 Å². The standard InChI is InChI=1S/C22H22N8O5/c1-4-34-16-7-5-6-13(10-16)19-18(25-29-30(19)21-20(23)27-35-28-21)22(31)26-24-12-14-8-9-15(32-2)11-17(14)33-3/h5-12H,4H2,1-3H3,(H2,23,27)(H,26,31). The van der Waals surface area contributed by atoms with Crippen LogP contribution >= 0.6 is 0 Å². The highest BCUT2D eigenvalue weighted by molar-refractivity contribution is 5.99. The monoisotopic (exact) mass is 478 g/mol. The lowest BCUT2D eigenvalue weighted by atomic mass is 10.1. The SMILES string of the molecule is CCOc1cccc(-c2c(C(=O)NN=Cc3ccc(OC)cc3OC)nnn2-c2nonc2N)c1. The van der Waals surface area contributed by atoms with Gasteiger partial charge in [0, 0.05) is 17.2 Å². The summed E-state index contributed by atoms with van der Waals surface area (Å²) in [6, 6.07) is 12.3. The van der Waals surface area contributed by atoms with E-state index in [0.29, 0.717) is 40.7 Å². The van der Waals surface area contributed by atoms with Crippen LogP contribution in [0.25, 0.3) is 17.1 Å². The number of ether oxygens (including phenoxy) is 3. The second-order valence-electron chi connectivity index (χ2n) is 6.94. The summed E-state index contributed by atoms with van der Waals surface area (Å²) in [5.74, 6) is 1.19. The number of hydrogen-bond acceptors (Lipinski definition) is 11. The lowest BCUT2D eigenvalue weighted by Gasteiger charge is -2.08. The van der Waals surface area contributed by atoms with Gasteiger partial charge in [-0.15, -0.1) is 5.10 Å². The largest absolute Gasteiger partial charge is 0.497 e. The third-order valence-electron chi connectivity index (χ3n) is 4.81. The van der Waals surface area contributed by atoms with Crippen LogP contribution < -0.4 is 25.4 Å². The molecule has 1 amide bonds. The Bertz CT molecular complexity index is 1360. The molecule has 13 heteroatoms. The molecular weight excluding hydrogens is 456 g/mol. The van der Waals surface area contributed by atoms with Crippen LogP contribution in [0.1, 0.15) is 23.0 Å². The Morgan fingerprint density at radius 2 is 2.03 bits per heavy atom. The topological polar surface area (TPSA) is 165 Å². The molecule has 35 heavy (non-hydrogen) atoms. The fourth-order valence-corrected chi connectivity index (χ4v) is 3.22. The third kappa shape index (κ3) is 4.88. The summed E-state index contributed by atoms with van der Waals surface area (Å²) in [7, 11) is 3.08. The number of nitrogen functional groups attached to an aromatic ring is 1. The number of nitrogens with zero attached hydrogens (tertiary/aromatic N) is 6. The second-order valence-corrected chi connectivity index (χ2v) is 6.94. The van der Waals surface area contributed by atoms with Gasteiger partial charge < -0.3 is 19.9 Å². The molecule has 0 radical (unpaired) electrons. The quantitative estimate of drug-likeness (QED) is 0.269. The van der Waals surface area contributed by atoms with Crippen molar-refractivity contribution in [3.8, 4) is 34.3 Å². The third-order valence-corrected chi connectivity index (χ3v) is 4.81. The molecular formula is C22H22N8O5. The van der Waals surface area contributed by atoms with Crippen LogP contribution in [0.3, 0.4) is 0 Å². The summed E-state index contributed by atoms with van der Waals surface area (Å²) in [6.07, 6.45) is 1.44. The maximum Gasteiger partial charge on any atom is 0.294 e. The lowest BCUT2D eigenvalue weighted by molar-refractivity contribution is 0.0950. The predicted molar refractivity (Wildman–Crippen MR) is 125 cm³/mol. The first kappa shape index (κ1) is 23.2. The summed E-state index contributed by atoms with van der Waals surface area (Å²) in [5.41, 5.74) is 9.78. The number of hydrogen-bond donors (Lipinski definition) is 2. The molecule has 2 aromatic carbocycles. The van der Waals surface area contributed by atoms with E-state index in [1.807, 2.05) is 6.92 Å². The first-order chi connectivity index (χ1) is 17.0. The van der Waals surface area contributed by atoms with Crippen molar-refractivity contribution in [3.05, 3.63) is 53.7 Å². The number of benzene rings is 2. The Hall–Kier alpha value is -4.94. The summed E-state index contributed by atoms with van der Waals surface area (Å²) in [4.78, 5) is 13.0. The van der Waals surface area contributed by atoms with E-state index in [-0.39, 0.29) is 17.3 Å². The van der Waals surface area contributed by atoms with E-state index in [4.69, 9.17) is 24.6 Å². The second kappa shape index (κ2) is 10.3. The Labute approximate surface area is 199 Å². The van der Waals surface area contributed by atoms with Crippen molar-refractivity contribution in [1.82, 2.24) is 30.7 Å². The number of aromatic nitrogens is 5. The van der Waals surface area contributed by atoms with Crippen LogP contribution in [-0.2, 0) is 0 Å². The number of rotatable bonds is 9. The van der Waals surface area contributed by atoms with Crippen molar-refractivity contribution in [1.29, 1.82) is 0 Å². The van der Waals surface area contributed by atoms with Gasteiger partial charge in [-0.3, -0.25) is 4.79 Å². The molecule has 2 aromatic heterocycles. The van der Waals surface area contributed by atoms with Gasteiger partial charge in [0.2, 0.25) is 11.6 Å². The molecule has 180 valence electrons. The van der Waals surface area contributed by atoms with Gasteiger partial charge in [-0.1, -0.05) is 17.3 Å². The Morgan fingerprint density at radius 1 is 1.17 bits per heavy atom. The van der Waals surface area contributed by atoms with E-state index in [0.717, 1.165) is 0 Å². The van der Waals surface area contributed by atoms with E-state index >= 15 is 0 Å². The molecule has 0 saturated heterocycles. The van der Waals surface area contributed by atoms with E-state index in [2.05, 4.69) is 31.2 Å². The van der Waals surface area contributed by atoms with Crippen molar-refractivity contribution in [3.63, 3.8) is 0 Å². The highest BCUT2D eigenvalue weighted by Crippen LogP contribution is 2.29. The van der Waals surface area contributed by atoms with Crippen molar-refractivity contribution in [2.24, 2.45) is 5.10 Å². The molecule has 0 spiro atoms. The first-order valence-corrected chi connectivity index (χ1v) is 10.4. The van der Waals surface area contributed by atoms with E-state index in [1.165, 1.54) is 18.0 Å². The number of methoxy groups -OCH3 is 2. The smallest absolute Gasteiger partial charge is 0.294 e. The zero-order valence-electron chi connectivity index (χ0n) is 19.1. The number of carbonyl (C=O) groups is 1. The minimum atomic E-state index is -0.619. The van der Waals surface area contributed by atoms with Gasteiger partial charge in [-0.25, -0.2) is 10.1 Å². The molecule has 0 aliphatic carbocycles. The molecule has 2 heterocycles. The van der Waals surface area contributed by atoms with Crippen LogP contribution in [0.4, 0.5) is 5.82 Å². The van der Waals surface area contributed by atoms with Crippen molar-refractivity contribution < 1.29 is 23.6 Å². The van der Waals surface area contributed by atoms with Crippen LogP contribution in [0, 0.1) is 0 Å². The molecule has 0 fully saturated rings. The summed E-state index contributed by atoms with van der Waals surface area (Å²) < 4.78 is 22.1. The molecule has 4 aromatic rings. The molecule has 0 atom stereocenters. The van der Waals surface area contributed by atoms with Gasteiger partial charge in [0.1, 0.15) is 22.9 Å². The zero-order chi connectivity index (χ0) is 24.8. The number of amides is 1. The minimum absolute atomic E-state index is 0.0197. The molecule has 0 unspecified atom stereocenters. The Kier molecular flexibility index (Phi) is 6.86. The van der Waals surface area contributed by atoms with Gasteiger partial charge in [-0.05, 0) is 41.5 Å². The summed E-state index contributed by atoms with van der Waals surface area (Å²) in [6.45, 7) is 2.34. The molecule has 0 aliphatic rings. The number of nitrogens with two attached hydrogens (primary N) is 1. The fraction of sp³-hybridized carbons (Fsp3) is 0.182. The normalized spacial score (nSPS) is 10.9. The van der Waals surface area contributed by atoms with E-state index in [9.17, 15) is 4.79 Å². The Morgan fingerprint density at radius 3 is 2.74 bits per heavy atom. The highest BCUT2D eigenvalue weighted by atomic mass is 16.6. The number of nitrogens with one attached hydrogen (secondary N) is 1. The van der Waals surface area contributed by atoms with Crippen molar-refractivity contribution >= 4 is 17.9 Å². The maximum atomic E-state index is 13.0. The number of hydrazone groups is 1. The fourth-order valence-electron chi connectivity index (χ4n) is 3.22. The summed E-state index contributed by atoms with van der Waals surface area (Å²) in [5, 5.41) is 19.4. The molecule has 0 saturated carbocycles. The predicted octanol–water partition coefficient (Wildman–Crippen LogP) is 2.08. The average molecular weight is 478 g/mol. The van der Waals surface area contributed by atoms with Crippen molar-refractivity contribution in [2.45, 2.75) is 6.92 Å². The molecule has 3 N–H and O–H groups in total. The van der Waals surface area contributed by atoms with Crippen LogP contribution in [0.15, 0.2) is 52.2 Å². The maximum absolute atomic E-state index is 13.0. The van der Waals surface area contributed by atoms with E-state index in [1.54, 1.807) is 49.6 Å². The van der Waals surface area contributed by atoms with Crippen LogP contribution in [0.2, 0.25) is 0 Å². The van der Waals surface area contributed by atoms with E-state index < -0.39 is 5.91 Å².